The van der Waals surface area contributed by atoms with Crippen LogP contribution in [0, 0.1) is 0 Å². The smallest absolute Gasteiger partial charge is 0.162 e. The Morgan fingerprint density at radius 1 is 0.833 bits per heavy atom. The molecule has 30 heavy (non-hydrogen) atoms. The lowest BCUT2D eigenvalue weighted by atomic mass is 10.2. The number of para-hydroxylation sites is 3. The van der Waals surface area contributed by atoms with Crippen molar-refractivity contribution >= 4 is 33.3 Å². The lowest BCUT2D eigenvalue weighted by molar-refractivity contribution is 0.895. The fraction of sp³-hybridized carbons (Fsp3) is 0.0435. The summed E-state index contributed by atoms with van der Waals surface area (Å²) in [5.41, 5.74) is 5.31. The summed E-state index contributed by atoms with van der Waals surface area (Å²) < 4.78 is 3.95. The van der Waals surface area contributed by atoms with E-state index in [9.17, 15) is 0 Å². The van der Waals surface area contributed by atoms with E-state index in [0.717, 1.165) is 49.7 Å². The van der Waals surface area contributed by atoms with Gasteiger partial charge in [-0.05, 0) is 35.7 Å². The number of aryl methyl sites for hydroxylation is 1. The SMILES string of the molecule is Cn1c(-c2nnc(-c3cccs3)c3nn(-c4ccccc4)cc23)nc2ccccc21. The van der Waals surface area contributed by atoms with Crippen LogP contribution >= 0.6 is 11.3 Å². The van der Waals surface area contributed by atoms with Gasteiger partial charge in [-0.3, -0.25) is 0 Å². The second-order valence-corrected chi connectivity index (χ2v) is 7.98. The minimum atomic E-state index is 0.728. The lowest BCUT2D eigenvalue weighted by Gasteiger charge is -2.04. The van der Waals surface area contributed by atoms with Crippen molar-refractivity contribution in [3.63, 3.8) is 0 Å². The molecule has 0 saturated heterocycles. The highest BCUT2D eigenvalue weighted by Gasteiger charge is 2.21. The van der Waals surface area contributed by atoms with E-state index in [4.69, 9.17) is 10.1 Å². The molecule has 0 N–H and O–H groups in total. The number of thiophene rings is 1. The molecule has 4 aromatic heterocycles. The highest BCUT2D eigenvalue weighted by atomic mass is 32.1. The predicted molar refractivity (Wildman–Crippen MR) is 120 cm³/mol. The fourth-order valence-electron chi connectivity index (χ4n) is 3.74. The molecule has 0 fully saturated rings. The number of nitrogens with zero attached hydrogens (tertiary/aromatic N) is 6. The first-order chi connectivity index (χ1) is 14.8. The molecule has 0 aliphatic carbocycles. The molecule has 7 heteroatoms. The summed E-state index contributed by atoms with van der Waals surface area (Å²) in [6.07, 6.45) is 2.02. The van der Waals surface area contributed by atoms with Crippen LogP contribution in [0.5, 0.6) is 0 Å². The first kappa shape index (κ1) is 17.1. The monoisotopic (exact) mass is 408 g/mol. The molecule has 2 aromatic carbocycles. The van der Waals surface area contributed by atoms with Crippen molar-refractivity contribution in [1.82, 2.24) is 29.5 Å². The van der Waals surface area contributed by atoms with Gasteiger partial charge in [0, 0.05) is 13.2 Å². The van der Waals surface area contributed by atoms with Crippen LogP contribution in [-0.2, 0) is 7.05 Å². The Kier molecular flexibility index (Phi) is 3.75. The molecule has 4 heterocycles. The molecule has 0 aliphatic rings. The highest BCUT2D eigenvalue weighted by molar-refractivity contribution is 7.13. The van der Waals surface area contributed by atoms with Gasteiger partial charge in [-0.25, -0.2) is 9.67 Å². The van der Waals surface area contributed by atoms with E-state index in [0.29, 0.717) is 0 Å². The Hall–Kier alpha value is -3.84. The molecule has 0 unspecified atom stereocenters. The third-order valence-electron chi connectivity index (χ3n) is 5.22. The van der Waals surface area contributed by atoms with Crippen LogP contribution in [0.15, 0.2) is 78.3 Å². The largest absolute Gasteiger partial charge is 0.326 e. The molecular weight excluding hydrogens is 392 g/mol. The second kappa shape index (κ2) is 6.60. The second-order valence-electron chi connectivity index (χ2n) is 7.03. The quantitative estimate of drug-likeness (QED) is 0.409. The Balaban J connectivity index is 1.66. The molecule has 6 rings (SSSR count). The van der Waals surface area contributed by atoms with Crippen molar-refractivity contribution in [1.29, 1.82) is 0 Å². The zero-order valence-electron chi connectivity index (χ0n) is 16.1. The van der Waals surface area contributed by atoms with Gasteiger partial charge in [0.1, 0.15) is 16.9 Å². The number of fused-ring (bicyclic) bond motifs is 2. The van der Waals surface area contributed by atoms with Crippen LogP contribution in [0.4, 0.5) is 0 Å². The summed E-state index contributed by atoms with van der Waals surface area (Å²) >= 11 is 1.63. The molecule has 0 atom stereocenters. The van der Waals surface area contributed by atoms with Gasteiger partial charge in [-0.2, -0.15) is 5.10 Å². The van der Waals surface area contributed by atoms with E-state index in [1.807, 2.05) is 84.0 Å². The van der Waals surface area contributed by atoms with Crippen molar-refractivity contribution in [3.05, 3.63) is 78.3 Å². The molecule has 0 bridgehead atoms. The zero-order chi connectivity index (χ0) is 20.1. The molecule has 6 nitrogen and oxygen atoms in total. The first-order valence-electron chi connectivity index (χ1n) is 9.57. The topological polar surface area (TPSA) is 61.4 Å². The molecule has 0 amide bonds. The van der Waals surface area contributed by atoms with E-state index >= 15 is 0 Å². The average Bonchev–Trinajstić information content (AvgIpc) is 3.53. The summed E-state index contributed by atoms with van der Waals surface area (Å²) in [6.45, 7) is 0. The highest BCUT2D eigenvalue weighted by Crippen LogP contribution is 2.34. The molecular formula is C23H16N6S. The molecule has 144 valence electrons. The number of hydrogen-bond donors (Lipinski definition) is 0. The van der Waals surface area contributed by atoms with Gasteiger partial charge in [0.05, 0.1) is 27.0 Å². The van der Waals surface area contributed by atoms with Crippen molar-refractivity contribution in [2.24, 2.45) is 7.05 Å². The van der Waals surface area contributed by atoms with Crippen molar-refractivity contribution in [2.75, 3.05) is 0 Å². The van der Waals surface area contributed by atoms with Crippen LogP contribution in [-0.4, -0.2) is 29.5 Å². The van der Waals surface area contributed by atoms with E-state index in [1.54, 1.807) is 11.3 Å². The first-order valence-corrected chi connectivity index (χ1v) is 10.4. The number of benzene rings is 2. The molecule has 0 radical (unpaired) electrons. The van der Waals surface area contributed by atoms with Gasteiger partial charge in [-0.15, -0.1) is 21.5 Å². The Labute approximate surface area is 176 Å². The van der Waals surface area contributed by atoms with Crippen LogP contribution < -0.4 is 0 Å². The summed E-state index contributed by atoms with van der Waals surface area (Å²) in [5, 5.41) is 17.0. The maximum Gasteiger partial charge on any atom is 0.162 e. The van der Waals surface area contributed by atoms with Gasteiger partial charge >= 0.3 is 0 Å². The normalized spacial score (nSPS) is 11.5. The van der Waals surface area contributed by atoms with Gasteiger partial charge in [0.25, 0.3) is 0 Å². The summed E-state index contributed by atoms with van der Waals surface area (Å²) in [4.78, 5) is 5.88. The van der Waals surface area contributed by atoms with Gasteiger partial charge in [0.15, 0.2) is 5.82 Å². The fourth-order valence-corrected chi connectivity index (χ4v) is 4.45. The minimum absolute atomic E-state index is 0.728. The summed E-state index contributed by atoms with van der Waals surface area (Å²) in [5.74, 6) is 0.777. The van der Waals surface area contributed by atoms with Gasteiger partial charge in [0.2, 0.25) is 0 Å². The number of aromatic nitrogens is 6. The van der Waals surface area contributed by atoms with Crippen LogP contribution in [0.1, 0.15) is 0 Å². The average molecular weight is 408 g/mol. The van der Waals surface area contributed by atoms with E-state index < -0.39 is 0 Å². The number of hydrogen-bond acceptors (Lipinski definition) is 5. The van der Waals surface area contributed by atoms with Crippen LogP contribution in [0.2, 0.25) is 0 Å². The van der Waals surface area contributed by atoms with Crippen LogP contribution in [0.3, 0.4) is 0 Å². The van der Waals surface area contributed by atoms with Crippen molar-refractivity contribution in [3.8, 4) is 27.8 Å². The van der Waals surface area contributed by atoms with Crippen molar-refractivity contribution in [2.45, 2.75) is 0 Å². The summed E-state index contributed by atoms with van der Waals surface area (Å²) in [6, 6.07) is 22.2. The minimum Gasteiger partial charge on any atom is -0.326 e. The Morgan fingerprint density at radius 2 is 1.63 bits per heavy atom. The molecule has 0 aliphatic heterocycles. The van der Waals surface area contributed by atoms with Crippen LogP contribution in [0.25, 0.3) is 49.7 Å². The zero-order valence-corrected chi connectivity index (χ0v) is 16.9. The third kappa shape index (κ3) is 2.56. The third-order valence-corrected chi connectivity index (χ3v) is 6.09. The standard InChI is InChI=1S/C23H16N6S/c1-28-18-11-6-5-10-17(18)24-23(28)21-16-14-29(15-8-3-2-4-9-15)27-20(16)22(26-25-21)19-12-7-13-30-19/h2-14H,1H3. The predicted octanol–water partition coefficient (Wildman–Crippen LogP) is 5.10. The maximum absolute atomic E-state index is 4.89. The maximum atomic E-state index is 4.89. The van der Waals surface area contributed by atoms with Gasteiger partial charge in [-0.1, -0.05) is 36.4 Å². The molecule has 6 aromatic rings. The molecule has 0 saturated carbocycles. The van der Waals surface area contributed by atoms with E-state index in [-0.39, 0.29) is 0 Å². The van der Waals surface area contributed by atoms with Crippen molar-refractivity contribution < 1.29 is 0 Å². The van der Waals surface area contributed by atoms with E-state index in [2.05, 4.69) is 20.8 Å². The van der Waals surface area contributed by atoms with E-state index in [1.165, 1.54) is 0 Å². The summed E-state index contributed by atoms with van der Waals surface area (Å²) in [7, 11) is 2.01. The number of rotatable bonds is 3. The molecule has 0 spiro atoms. The Morgan fingerprint density at radius 3 is 2.43 bits per heavy atom. The Bertz CT molecular complexity index is 1500. The lowest BCUT2D eigenvalue weighted by Crippen LogP contribution is -1.98. The number of imidazole rings is 1. The van der Waals surface area contributed by atoms with Gasteiger partial charge < -0.3 is 4.57 Å².